The average Bonchev–Trinajstić information content (AvgIpc) is 3.86. The zero-order chi connectivity index (χ0) is 44.5. The lowest BCUT2D eigenvalue weighted by molar-refractivity contribution is 1.16. The van der Waals surface area contributed by atoms with Gasteiger partial charge in [0.1, 0.15) is 0 Å². The highest BCUT2D eigenvalue weighted by Crippen LogP contribution is 2.38. The van der Waals surface area contributed by atoms with E-state index in [9.17, 15) is 0 Å². The fourth-order valence-corrected chi connectivity index (χ4v) is 9.70. The number of para-hydroxylation sites is 1. The Hall–Kier alpha value is -8.34. The van der Waals surface area contributed by atoms with Gasteiger partial charge in [0.2, 0.25) is 0 Å². The lowest BCUT2D eigenvalue weighted by Crippen LogP contribution is -1.96. The summed E-state index contributed by atoms with van der Waals surface area (Å²) in [4.78, 5) is 10.1. The van der Waals surface area contributed by atoms with Gasteiger partial charge in [0.05, 0.1) is 33.5 Å². The van der Waals surface area contributed by atoms with Crippen molar-refractivity contribution in [2.24, 2.45) is 0 Å². The fourth-order valence-electron chi connectivity index (χ4n) is 9.70. The van der Waals surface area contributed by atoms with Crippen LogP contribution in [0.1, 0.15) is 22.3 Å². The Balaban J connectivity index is 0.836. The van der Waals surface area contributed by atoms with Crippen molar-refractivity contribution in [3.8, 4) is 67.5 Å². The van der Waals surface area contributed by atoms with Crippen LogP contribution in [-0.4, -0.2) is 19.1 Å². The van der Waals surface area contributed by atoms with Gasteiger partial charge >= 0.3 is 0 Å². The van der Waals surface area contributed by atoms with Crippen LogP contribution < -0.4 is 0 Å². The summed E-state index contributed by atoms with van der Waals surface area (Å²) in [5, 5.41) is 5.06. The number of rotatable bonds is 7. The topological polar surface area (TPSA) is 35.6 Å². The molecule has 0 aliphatic rings. The summed E-state index contributed by atoms with van der Waals surface area (Å²) < 4.78 is 4.83. The van der Waals surface area contributed by atoms with Crippen LogP contribution in [0.4, 0.5) is 0 Å². The minimum atomic E-state index is 0.723. The van der Waals surface area contributed by atoms with E-state index in [4.69, 9.17) is 9.97 Å². The molecule has 4 heteroatoms. The van der Waals surface area contributed by atoms with Crippen molar-refractivity contribution in [1.82, 2.24) is 19.1 Å². The Kier molecular flexibility index (Phi) is 9.35. The summed E-state index contributed by atoms with van der Waals surface area (Å²) in [6.45, 7) is 8.56. The van der Waals surface area contributed by atoms with Gasteiger partial charge in [-0.3, -0.25) is 0 Å². The van der Waals surface area contributed by atoms with E-state index < -0.39 is 0 Å². The zero-order valence-electron chi connectivity index (χ0n) is 37.4. The van der Waals surface area contributed by atoms with E-state index in [1.54, 1.807) is 0 Å². The van der Waals surface area contributed by atoms with Gasteiger partial charge in [-0.1, -0.05) is 162 Å². The van der Waals surface area contributed by atoms with Gasteiger partial charge in [0.25, 0.3) is 0 Å². The number of fused-ring (bicyclic) bond motifs is 6. The highest BCUT2D eigenvalue weighted by molar-refractivity contribution is 6.12. The molecule has 66 heavy (non-hydrogen) atoms. The second kappa shape index (κ2) is 15.7. The lowest BCUT2D eigenvalue weighted by Gasteiger charge is -2.12. The van der Waals surface area contributed by atoms with Crippen LogP contribution in [0.3, 0.4) is 0 Å². The first-order chi connectivity index (χ1) is 32.3. The summed E-state index contributed by atoms with van der Waals surface area (Å²) in [6, 6.07) is 75.0. The number of hydrogen-bond acceptors (Lipinski definition) is 2. The van der Waals surface area contributed by atoms with Gasteiger partial charge < -0.3 is 9.13 Å². The molecular formula is C62H46N4. The van der Waals surface area contributed by atoms with E-state index in [0.29, 0.717) is 0 Å². The highest BCUT2D eigenvalue weighted by atomic mass is 15.0. The number of benzene rings is 9. The number of aromatic nitrogens is 4. The summed E-state index contributed by atoms with van der Waals surface area (Å²) in [5.41, 5.74) is 21.7. The van der Waals surface area contributed by atoms with Gasteiger partial charge in [-0.15, -0.1) is 0 Å². The van der Waals surface area contributed by atoms with E-state index >= 15 is 0 Å². The first kappa shape index (κ1) is 39.3. The second-order valence-corrected chi connectivity index (χ2v) is 17.8. The van der Waals surface area contributed by atoms with Crippen LogP contribution in [0.2, 0.25) is 0 Å². The molecule has 0 aliphatic heterocycles. The monoisotopic (exact) mass is 846 g/mol. The summed E-state index contributed by atoms with van der Waals surface area (Å²) in [7, 11) is 0. The lowest BCUT2D eigenvalue weighted by atomic mass is 9.98. The molecule has 314 valence electrons. The van der Waals surface area contributed by atoms with Crippen LogP contribution in [0.5, 0.6) is 0 Å². The number of hydrogen-bond donors (Lipinski definition) is 0. The molecule has 0 aliphatic carbocycles. The maximum Gasteiger partial charge on any atom is 0.160 e. The van der Waals surface area contributed by atoms with Gasteiger partial charge in [-0.25, -0.2) is 9.97 Å². The third-order valence-corrected chi connectivity index (χ3v) is 13.2. The molecule has 0 fully saturated rings. The van der Waals surface area contributed by atoms with Crippen molar-refractivity contribution in [3.63, 3.8) is 0 Å². The smallest absolute Gasteiger partial charge is 0.160 e. The molecule has 0 atom stereocenters. The van der Waals surface area contributed by atoms with Gasteiger partial charge in [0, 0.05) is 49.6 Å². The Morgan fingerprint density at radius 3 is 1.17 bits per heavy atom. The predicted octanol–water partition coefficient (Wildman–Crippen LogP) is 16.2. The fraction of sp³-hybridized carbons (Fsp3) is 0.0645. The molecule has 0 amide bonds. The largest absolute Gasteiger partial charge is 0.309 e. The molecule has 0 unspecified atom stereocenters. The quantitative estimate of drug-likeness (QED) is 0.160. The summed E-state index contributed by atoms with van der Waals surface area (Å²) >= 11 is 0. The second-order valence-electron chi connectivity index (χ2n) is 17.8. The first-order valence-corrected chi connectivity index (χ1v) is 22.7. The maximum atomic E-state index is 5.07. The molecule has 9 aromatic carbocycles. The van der Waals surface area contributed by atoms with Crippen LogP contribution in [0.25, 0.3) is 111 Å². The zero-order valence-corrected chi connectivity index (χ0v) is 37.4. The molecule has 0 radical (unpaired) electrons. The molecule has 3 aromatic heterocycles. The van der Waals surface area contributed by atoms with Crippen molar-refractivity contribution in [2.75, 3.05) is 0 Å². The first-order valence-electron chi connectivity index (χ1n) is 22.7. The van der Waals surface area contributed by atoms with E-state index in [0.717, 1.165) is 45.2 Å². The van der Waals surface area contributed by atoms with Crippen molar-refractivity contribution in [3.05, 3.63) is 229 Å². The SMILES string of the molecule is Cc1ccc(-c2cc(-c3ccc(-c4ccc(-c5ccc(-n6c7ccccc7c7cc(-n8c9ccc(C)cc9c9cc(C)ccc98)ccc76)cc5)cc4)cc3)nc(-c3ccc(C)cc3)n2)cc1. The molecule has 12 aromatic rings. The number of nitrogens with zero attached hydrogens (tertiary/aromatic N) is 4. The molecule has 0 saturated carbocycles. The van der Waals surface area contributed by atoms with Gasteiger partial charge in [-0.2, -0.15) is 0 Å². The molecule has 0 saturated heterocycles. The standard InChI is InChI=1S/C62H46N4/c1-39-9-15-47(16-10-39)56-38-57(64-62(63-56)49-17-11-40(2)12-18-49)48-25-23-45(24-26-48)43-19-21-44(22-20-43)46-27-29-50(30-28-46)65-58-8-6-5-7-52(58)55-37-51(31-34-61(55)65)66-59-32-13-41(3)35-53(59)54-36-42(4)14-33-60(54)66/h5-38H,1-4H3. The molecule has 3 heterocycles. The van der Waals surface area contributed by atoms with Crippen LogP contribution in [-0.2, 0) is 0 Å². The van der Waals surface area contributed by atoms with E-state index in [1.807, 2.05) is 0 Å². The Bertz CT molecular complexity index is 3670. The summed E-state index contributed by atoms with van der Waals surface area (Å²) in [6.07, 6.45) is 0. The molecular weight excluding hydrogens is 801 g/mol. The maximum absolute atomic E-state index is 5.07. The molecule has 0 bridgehead atoms. The van der Waals surface area contributed by atoms with Crippen LogP contribution in [0.15, 0.2) is 206 Å². The number of aryl methyl sites for hydroxylation is 4. The van der Waals surface area contributed by atoms with E-state index in [2.05, 4.69) is 243 Å². The molecule has 4 nitrogen and oxygen atoms in total. The average molecular weight is 847 g/mol. The van der Waals surface area contributed by atoms with Crippen molar-refractivity contribution in [1.29, 1.82) is 0 Å². The molecule has 0 N–H and O–H groups in total. The van der Waals surface area contributed by atoms with Crippen LogP contribution >= 0.6 is 0 Å². The molecule has 0 spiro atoms. The van der Waals surface area contributed by atoms with Crippen LogP contribution in [0, 0.1) is 27.7 Å². The van der Waals surface area contributed by atoms with Crippen molar-refractivity contribution >= 4 is 43.6 Å². The third-order valence-electron chi connectivity index (χ3n) is 13.2. The van der Waals surface area contributed by atoms with Crippen molar-refractivity contribution < 1.29 is 0 Å². The third kappa shape index (κ3) is 6.86. The van der Waals surface area contributed by atoms with Crippen molar-refractivity contribution in [2.45, 2.75) is 27.7 Å². The van der Waals surface area contributed by atoms with E-state index in [-0.39, 0.29) is 0 Å². The van der Waals surface area contributed by atoms with Gasteiger partial charge in [-0.05, 0) is 117 Å². The predicted molar refractivity (Wildman–Crippen MR) is 277 cm³/mol. The Morgan fingerprint density at radius 2 is 0.636 bits per heavy atom. The highest BCUT2D eigenvalue weighted by Gasteiger charge is 2.18. The minimum Gasteiger partial charge on any atom is -0.309 e. The van der Waals surface area contributed by atoms with Gasteiger partial charge in [0.15, 0.2) is 5.82 Å². The normalized spacial score (nSPS) is 11.6. The molecule has 12 rings (SSSR count). The van der Waals surface area contributed by atoms with E-state index in [1.165, 1.54) is 88.2 Å². The Morgan fingerprint density at radius 1 is 0.273 bits per heavy atom. The minimum absolute atomic E-state index is 0.723. The summed E-state index contributed by atoms with van der Waals surface area (Å²) in [5.74, 6) is 0.723. The Labute approximate surface area is 384 Å².